The van der Waals surface area contributed by atoms with Gasteiger partial charge in [-0.2, -0.15) is 0 Å². The van der Waals surface area contributed by atoms with E-state index in [4.69, 9.17) is 9.47 Å². The molecule has 1 unspecified atom stereocenters. The van der Waals surface area contributed by atoms with E-state index < -0.39 is 65.1 Å². The van der Waals surface area contributed by atoms with Gasteiger partial charge in [0.05, 0.1) is 23.7 Å². The second kappa shape index (κ2) is 5.38. The van der Waals surface area contributed by atoms with Gasteiger partial charge < -0.3 is 35.0 Å². The Balaban J connectivity index is 1.84. The first-order valence-electron chi connectivity index (χ1n) is 10.4. The minimum absolute atomic E-state index is 0.265. The standard InChI is InChI=1S/C21H32O7/c1-9-10-8-11(22)12-19-7-5-6-18(2,3)13(19)16(25)21(26,28-17(19)27-4)20(12,14(9)23)15(10)24/h10-17,22-26H,1,5-8H2,2-4H3/t10-,11+,12+,13-,14-,15?,16+,17+,19-,20+,21+/m1/s1. The Morgan fingerprint density at radius 1 is 1.07 bits per heavy atom. The Morgan fingerprint density at radius 2 is 1.75 bits per heavy atom. The number of hydrogen-bond acceptors (Lipinski definition) is 7. The highest BCUT2D eigenvalue weighted by Gasteiger charge is 2.88. The van der Waals surface area contributed by atoms with Gasteiger partial charge in [-0.1, -0.05) is 26.8 Å². The van der Waals surface area contributed by atoms with E-state index in [1.807, 2.05) is 0 Å². The molecule has 0 radical (unpaired) electrons. The first-order valence-corrected chi connectivity index (χ1v) is 10.4. The van der Waals surface area contributed by atoms with Crippen molar-refractivity contribution in [1.82, 2.24) is 0 Å². The van der Waals surface area contributed by atoms with E-state index >= 15 is 0 Å². The monoisotopic (exact) mass is 396 g/mol. The number of methoxy groups -OCH3 is 1. The fraction of sp³-hybridized carbons (Fsp3) is 0.905. The SMILES string of the molecule is C=C1[C@H]2C[C@H](O)[C@H]3[C@]45CCCC(C)(C)[C@H]4[C@H](O)[C@](O)(O[C@@H]5OC)[C@]3(C2O)[C@@H]1O. The summed E-state index contributed by atoms with van der Waals surface area (Å²) in [5, 5.41) is 57.3. The third-order valence-electron chi connectivity index (χ3n) is 9.25. The topological polar surface area (TPSA) is 120 Å². The largest absolute Gasteiger partial charge is 0.393 e. The summed E-state index contributed by atoms with van der Waals surface area (Å²) in [7, 11) is 1.50. The zero-order valence-electron chi connectivity index (χ0n) is 16.7. The van der Waals surface area contributed by atoms with Crippen molar-refractivity contribution < 1.29 is 35.0 Å². The molecule has 0 amide bonds. The molecule has 4 saturated carbocycles. The minimum atomic E-state index is -2.25. The molecule has 5 N–H and O–H groups in total. The summed E-state index contributed by atoms with van der Waals surface area (Å²) < 4.78 is 11.7. The lowest BCUT2D eigenvalue weighted by molar-refractivity contribution is -0.521. The van der Waals surface area contributed by atoms with Crippen molar-refractivity contribution in [2.24, 2.45) is 34.0 Å². The van der Waals surface area contributed by atoms with Gasteiger partial charge in [0.15, 0.2) is 6.29 Å². The van der Waals surface area contributed by atoms with Crippen molar-refractivity contribution in [1.29, 1.82) is 0 Å². The molecule has 0 aromatic carbocycles. The van der Waals surface area contributed by atoms with Crippen LogP contribution in [0.15, 0.2) is 12.2 Å². The van der Waals surface area contributed by atoms with E-state index in [0.717, 1.165) is 12.8 Å². The summed E-state index contributed by atoms with van der Waals surface area (Å²) in [6, 6.07) is 0. The van der Waals surface area contributed by atoms with Crippen LogP contribution in [-0.2, 0) is 9.47 Å². The van der Waals surface area contributed by atoms with Gasteiger partial charge in [-0.05, 0) is 30.3 Å². The molecule has 0 aromatic rings. The van der Waals surface area contributed by atoms with E-state index in [2.05, 4.69) is 20.4 Å². The third-order valence-corrected chi connectivity index (χ3v) is 9.25. The molecule has 0 aromatic heterocycles. The first-order chi connectivity index (χ1) is 13.0. The molecule has 4 bridgehead atoms. The highest BCUT2D eigenvalue weighted by molar-refractivity contribution is 5.38. The summed E-state index contributed by atoms with van der Waals surface area (Å²) in [5.74, 6) is -3.89. The van der Waals surface area contributed by atoms with Gasteiger partial charge in [0.25, 0.3) is 0 Å². The molecule has 6 aliphatic rings. The predicted octanol–water partition coefficient (Wildman–Crippen LogP) is 0.140. The Labute approximate surface area is 165 Å². The van der Waals surface area contributed by atoms with Gasteiger partial charge in [-0.15, -0.1) is 0 Å². The molecule has 7 heteroatoms. The van der Waals surface area contributed by atoms with Crippen LogP contribution in [0.25, 0.3) is 0 Å². The number of rotatable bonds is 1. The van der Waals surface area contributed by atoms with Gasteiger partial charge in [0, 0.05) is 30.3 Å². The lowest BCUT2D eigenvalue weighted by atomic mass is 9.35. The molecule has 2 heterocycles. The van der Waals surface area contributed by atoms with Crippen LogP contribution in [0.2, 0.25) is 0 Å². The van der Waals surface area contributed by atoms with Gasteiger partial charge in [0.2, 0.25) is 5.79 Å². The summed E-state index contributed by atoms with van der Waals surface area (Å²) in [5.41, 5.74) is -2.42. The smallest absolute Gasteiger partial charge is 0.206 e. The number of aliphatic hydroxyl groups excluding tert-OH is 4. The Kier molecular flexibility index (Phi) is 3.73. The van der Waals surface area contributed by atoms with Crippen LogP contribution in [0, 0.1) is 34.0 Å². The first kappa shape index (κ1) is 19.4. The number of fused-ring (bicyclic) bond motifs is 2. The summed E-state index contributed by atoms with van der Waals surface area (Å²) in [4.78, 5) is 0. The molecule has 11 atom stereocenters. The predicted molar refractivity (Wildman–Crippen MR) is 97.6 cm³/mol. The summed E-state index contributed by atoms with van der Waals surface area (Å²) in [6.45, 7) is 8.08. The molecule has 2 spiro atoms. The van der Waals surface area contributed by atoms with Crippen LogP contribution in [-0.4, -0.2) is 69.1 Å². The Bertz CT molecular complexity index is 724. The van der Waals surface area contributed by atoms with Gasteiger partial charge >= 0.3 is 0 Å². The molecule has 2 saturated heterocycles. The van der Waals surface area contributed by atoms with E-state index in [1.165, 1.54) is 7.11 Å². The van der Waals surface area contributed by atoms with Crippen LogP contribution >= 0.6 is 0 Å². The highest BCUT2D eigenvalue weighted by Crippen LogP contribution is 2.78. The van der Waals surface area contributed by atoms with Crippen LogP contribution in [0.3, 0.4) is 0 Å². The van der Waals surface area contributed by atoms with Crippen molar-refractivity contribution >= 4 is 0 Å². The van der Waals surface area contributed by atoms with E-state index in [0.29, 0.717) is 12.0 Å². The molecule has 6 rings (SSSR count). The fourth-order valence-electron chi connectivity index (χ4n) is 8.55. The van der Waals surface area contributed by atoms with Crippen molar-refractivity contribution in [2.75, 3.05) is 7.11 Å². The fourth-order valence-corrected chi connectivity index (χ4v) is 8.55. The molecular weight excluding hydrogens is 364 g/mol. The van der Waals surface area contributed by atoms with Crippen LogP contribution < -0.4 is 0 Å². The highest BCUT2D eigenvalue weighted by atomic mass is 16.8. The van der Waals surface area contributed by atoms with E-state index in [-0.39, 0.29) is 11.8 Å². The lowest BCUT2D eigenvalue weighted by Crippen LogP contribution is -2.87. The van der Waals surface area contributed by atoms with Crippen molar-refractivity contribution in [3.8, 4) is 0 Å². The quantitative estimate of drug-likeness (QED) is 0.400. The second-order valence-electron chi connectivity index (χ2n) is 10.5. The maximum atomic E-state index is 11.9. The lowest BCUT2D eigenvalue weighted by Gasteiger charge is -2.76. The van der Waals surface area contributed by atoms with Crippen molar-refractivity contribution in [3.63, 3.8) is 0 Å². The number of ether oxygens (including phenoxy) is 2. The summed E-state index contributed by atoms with van der Waals surface area (Å²) >= 11 is 0. The maximum absolute atomic E-state index is 11.9. The van der Waals surface area contributed by atoms with Crippen molar-refractivity contribution in [3.05, 3.63) is 12.2 Å². The molecular formula is C21H32O7. The average molecular weight is 396 g/mol. The molecule has 2 aliphatic heterocycles. The second-order valence-corrected chi connectivity index (χ2v) is 10.5. The normalized spacial score (nSPS) is 61.8. The minimum Gasteiger partial charge on any atom is -0.393 e. The summed E-state index contributed by atoms with van der Waals surface area (Å²) in [6.07, 6.45) is -2.91. The van der Waals surface area contributed by atoms with Crippen molar-refractivity contribution in [2.45, 2.75) is 76.0 Å². The average Bonchev–Trinajstić information content (AvgIpc) is 2.73. The van der Waals surface area contributed by atoms with E-state index in [9.17, 15) is 25.5 Å². The van der Waals surface area contributed by atoms with Crippen LogP contribution in [0.4, 0.5) is 0 Å². The maximum Gasteiger partial charge on any atom is 0.206 e. The Hall–Kier alpha value is -0.540. The zero-order valence-corrected chi connectivity index (χ0v) is 16.7. The van der Waals surface area contributed by atoms with Crippen LogP contribution in [0.5, 0.6) is 0 Å². The van der Waals surface area contributed by atoms with Gasteiger partial charge in [0.1, 0.15) is 6.10 Å². The number of aliphatic hydroxyl groups is 5. The Morgan fingerprint density at radius 3 is 2.39 bits per heavy atom. The molecule has 4 aliphatic carbocycles. The van der Waals surface area contributed by atoms with Crippen LogP contribution in [0.1, 0.15) is 39.5 Å². The molecule has 158 valence electrons. The molecule has 7 nitrogen and oxygen atoms in total. The third kappa shape index (κ3) is 1.67. The van der Waals surface area contributed by atoms with Gasteiger partial charge in [-0.25, -0.2) is 0 Å². The van der Waals surface area contributed by atoms with E-state index in [1.54, 1.807) is 0 Å². The molecule has 28 heavy (non-hydrogen) atoms. The zero-order chi connectivity index (χ0) is 20.4. The number of hydrogen-bond donors (Lipinski definition) is 5. The molecule has 6 fully saturated rings. The van der Waals surface area contributed by atoms with Gasteiger partial charge in [-0.3, -0.25) is 0 Å².